The van der Waals surface area contributed by atoms with Crippen LogP contribution in [0.1, 0.15) is 37.7 Å². The van der Waals surface area contributed by atoms with Gasteiger partial charge in [0.2, 0.25) is 0 Å². The van der Waals surface area contributed by atoms with Gasteiger partial charge in [-0.15, -0.1) is 0 Å². The van der Waals surface area contributed by atoms with Crippen molar-refractivity contribution in [2.75, 3.05) is 43.1 Å². The van der Waals surface area contributed by atoms with E-state index in [0.717, 1.165) is 25.0 Å². The second-order valence-corrected chi connectivity index (χ2v) is 8.68. The standard InChI is InChI=1S/C22H27F3N2O4/c23-22(24,25)17-3-4-19(27-5-7-30-8-6-27)18(12-17)26-20(28)13-31-21(29)11-16-10-14-1-2-15(16)9-14/h3-4,12,14-16H,1-2,5-11,13H2,(H,26,28)/t14-,15-,16+/m0/s1. The molecule has 31 heavy (non-hydrogen) atoms. The number of esters is 1. The SMILES string of the molecule is O=C(COC(=O)C[C@H]1C[C@H]2CC[C@H]1C2)Nc1cc(C(F)(F)F)ccc1N1CCOCC1. The number of nitrogens with one attached hydrogen (secondary N) is 1. The lowest BCUT2D eigenvalue weighted by Gasteiger charge is -2.31. The van der Waals surface area contributed by atoms with Gasteiger partial charge in [0.05, 0.1) is 30.2 Å². The number of morpholine rings is 1. The Morgan fingerprint density at radius 3 is 2.58 bits per heavy atom. The molecule has 3 atom stereocenters. The minimum Gasteiger partial charge on any atom is -0.456 e. The second-order valence-electron chi connectivity index (χ2n) is 8.68. The normalized spacial score (nSPS) is 25.5. The number of carbonyl (C=O) groups is 2. The zero-order valence-corrected chi connectivity index (χ0v) is 17.2. The highest BCUT2D eigenvalue weighted by molar-refractivity contribution is 5.96. The van der Waals surface area contributed by atoms with Crippen molar-refractivity contribution in [1.82, 2.24) is 0 Å². The van der Waals surface area contributed by atoms with E-state index in [1.807, 2.05) is 4.90 Å². The van der Waals surface area contributed by atoms with Gasteiger partial charge in [0.25, 0.3) is 5.91 Å². The Labute approximate surface area is 179 Å². The Morgan fingerprint density at radius 2 is 1.94 bits per heavy atom. The van der Waals surface area contributed by atoms with E-state index in [2.05, 4.69) is 5.32 Å². The van der Waals surface area contributed by atoms with Crippen LogP contribution in [0, 0.1) is 17.8 Å². The third-order valence-corrected chi connectivity index (χ3v) is 6.63. The molecule has 2 saturated carbocycles. The van der Waals surface area contributed by atoms with Crippen molar-refractivity contribution in [3.05, 3.63) is 23.8 Å². The lowest BCUT2D eigenvalue weighted by atomic mass is 9.86. The third-order valence-electron chi connectivity index (χ3n) is 6.63. The van der Waals surface area contributed by atoms with Gasteiger partial charge in [0.15, 0.2) is 6.61 Å². The fourth-order valence-corrected chi connectivity index (χ4v) is 5.12. The Hall–Kier alpha value is -2.29. The van der Waals surface area contributed by atoms with Gasteiger partial charge in [-0.1, -0.05) is 6.42 Å². The molecule has 0 radical (unpaired) electrons. The number of halogens is 3. The minimum absolute atomic E-state index is 0.0471. The molecule has 4 rings (SSSR count). The smallest absolute Gasteiger partial charge is 0.416 e. The molecule has 2 bridgehead atoms. The Bertz CT molecular complexity index is 823. The Kier molecular flexibility index (Phi) is 6.41. The molecule has 3 fully saturated rings. The summed E-state index contributed by atoms with van der Waals surface area (Å²) in [4.78, 5) is 26.4. The number of nitrogens with zero attached hydrogens (tertiary/aromatic N) is 1. The van der Waals surface area contributed by atoms with E-state index in [-0.39, 0.29) is 5.69 Å². The first-order valence-electron chi connectivity index (χ1n) is 10.8. The Morgan fingerprint density at radius 1 is 1.16 bits per heavy atom. The van der Waals surface area contributed by atoms with E-state index in [4.69, 9.17) is 9.47 Å². The van der Waals surface area contributed by atoms with E-state index in [0.29, 0.717) is 56.2 Å². The molecule has 1 amide bonds. The number of fused-ring (bicyclic) bond motifs is 2. The largest absolute Gasteiger partial charge is 0.456 e. The van der Waals surface area contributed by atoms with Crippen LogP contribution in [0.5, 0.6) is 0 Å². The van der Waals surface area contributed by atoms with Gasteiger partial charge in [-0.25, -0.2) is 0 Å². The van der Waals surface area contributed by atoms with Crippen LogP contribution in [-0.4, -0.2) is 44.8 Å². The van der Waals surface area contributed by atoms with Crippen LogP contribution in [-0.2, 0) is 25.2 Å². The number of hydrogen-bond acceptors (Lipinski definition) is 5. The van der Waals surface area contributed by atoms with E-state index < -0.39 is 30.2 Å². The summed E-state index contributed by atoms with van der Waals surface area (Å²) in [6, 6.07) is 3.26. The van der Waals surface area contributed by atoms with Gasteiger partial charge >= 0.3 is 12.1 Å². The molecule has 0 spiro atoms. The second kappa shape index (κ2) is 9.06. The van der Waals surface area contributed by atoms with Crippen molar-refractivity contribution in [3.63, 3.8) is 0 Å². The highest BCUT2D eigenvalue weighted by Crippen LogP contribution is 2.49. The van der Waals surface area contributed by atoms with Gasteiger partial charge in [0, 0.05) is 19.5 Å². The van der Waals surface area contributed by atoms with E-state index in [9.17, 15) is 22.8 Å². The van der Waals surface area contributed by atoms with Crippen molar-refractivity contribution in [2.24, 2.45) is 17.8 Å². The average molecular weight is 440 g/mol. The van der Waals surface area contributed by atoms with Crippen molar-refractivity contribution in [2.45, 2.75) is 38.3 Å². The predicted molar refractivity (Wildman–Crippen MR) is 108 cm³/mol. The maximum Gasteiger partial charge on any atom is 0.416 e. The lowest BCUT2D eigenvalue weighted by molar-refractivity contribution is -0.148. The molecule has 1 aromatic carbocycles. The summed E-state index contributed by atoms with van der Waals surface area (Å²) in [5.41, 5.74) is -0.322. The highest BCUT2D eigenvalue weighted by atomic mass is 19.4. The van der Waals surface area contributed by atoms with Crippen LogP contribution in [0.2, 0.25) is 0 Å². The number of anilines is 2. The van der Waals surface area contributed by atoms with Crippen molar-refractivity contribution in [3.8, 4) is 0 Å². The molecule has 170 valence electrons. The van der Waals surface area contributed by atoms with Crippen LogP contribution in [0.4, 0.5) is 24.5 Å². The Balaban J connectivity index is 1.37. The molecular weight excluding hydrogens is 413 g/mol. The third kappa shape index (κ3) is 5.31. The molecule has 9 heteroatoms. The monoisotopic (exact) mass is 440 g/mol. The first-order valence-corrected chi connectivity index (χ1v) is 10.8. The summed E-state index contributed by atoms with van der Waals surface area (Å²) >= 11 is 0. The fourth-order valence-electron chi connectivity index (χ4n) is 5.12. The van der Waals surface area contributed by atoms with Crippen molar-refractivity contribution in [1.29, 1.82) is 0 Å². The number of amides is 1. The first-order chi connectivity index (χ1) is 14.8. The molecular formula is C22H27F3N2O4. The van der Waals surface area contributed by atoms with Gasteiger partial charge in [-0.2, -0.15) is 13.2 Å². The van der Waals surface area contributed by atoms with Gasteiger partial charge in [0.1, 0.15) is 0 Å². The quantitative estimate of drug-likeness (QED) is 0.681. The molecule has 3 aliphatic rings. The zero-order chi connectivity index (χ0) is 22.0. The predicted octanol–water partition coefficient (Wildman–Crippen LogP) is 3.85. The average Bonchev–Trinajstić information content (AvgIpc) is 3.35. The molecule has 1 N–H and O–H groups in total. The summed E-state index contributed by atoms with van der Waals surface area (Å²) in [7, 11) is 0. The molecule has 1 saturated heterocycles. The summed E-state index contributed by atoms with van der Waals surface area (Å²) in [5.74, 6) is 0.532. The van der Waals surface area contributed by atoms with E-state index in [1.165, 1.54) is 18.9 Å². The summed E-state index contributed by atoms with van der Waals surface area (Å²) < 4.78 is 49.9. The number of benzene rings is 1. The highest BCUT2D eigenvalue weighted by Gasteiger charge is 2.40. The number of ether oxygens (including phenoxy) is 2. The number of carbonyl (C=O) groups excluding carboxylic acids is 2. The molecule has 0 aromatic heterocycles. The molecule has 0 unspecified atom stereocenters. The first kappa shape index (κ1) is 21.9. The number of rotatable bonds is 6. The van der Waals surface area contributed by atoms with Crippen LogP contribution in [0.25, 0.3) is 0 Å². The van der Waals surface area contributed by atoms with Crippen LogP contribution in [0.15, 0.2) is 18.2 Å². The maximum absolute atomic E-state index is 13.2. The number of alkyl halides is 3. The zero-order valence-electron chi connectivity index (χ0n) is 17.2. The van der Waals surface area contributed by atoms with Crippen LogP contribution in [0.3, 0.4) is 0 Å². The molecule has 2 aliphatic carbocycles. The van der Waals surface area contributed by atoms with E-state index in [1.54, 1.807) is 0 Å². The molecule has 6 nitrogen and oxygen atoms in total. The maximum atomic E-state index is 13.2. The summed E-state index contributed by atoms with van der Waals surface area (Å²) in [5, 5.41) is 2.50. The molecule has 1 aliphatic heterocycles. The minimum atomic E-state index is -4.53. The van der Waals surface area contributed by atoms with Gasteiger partial charge in [-0.05, 0) is 55.2 Å². The topological polar surface area (TPSA) is 67.9 Å². The van der Waals surface area contributed by atoms with Gasteiger partial charge < -0.3 is 19.7 Å². The fraction of sp³-hybridized carbons (Fsp3) is 0.636. The van der Waals surface area contributed by atoms with E-state index >= 15 is 0 Å². The van der Waals surface area contributed by atoms with Crippen LogP contribution >= 0.6 is 0 Å². The molecule has 1 aromatic rings. The lowest BCUT2D eigenvalue weighted by Crippen LogP contribution is -2.37. The summed E-state index contributed by atoms with van der Waals surface area (Å²) in [6.45, 7) is 1.40. The van der Waals surface area contributed by atoms with Crippen molar-refractivity contribution >= 4 is 23.3 Å². The van der Waals surface area contributed by atoms with Gasteiger partial charge in [-0.3, -0.25) is 9.59 Å². The number of hydrogen-bond donors (Lipinski definition) is 1. The van der Waals surface area contributed by atoms with Crippen LogP contribution < -0.4 is 10.2 Å². The summed E-state index contributed by atoms with van der Waals surface area (Å²) in [6.07, 6.45) is 0.384. The molecule has 1 heterocycles. The van der Waals surface area contributed by atoms with Crippen molar-refractivity contribution < 1.29 is 32.2 Å².